The van der Waals surface area contributed by atoms with Crippen LogP contribution in [0.15, 0.2) is 42.5 Å². The molecule has 5 nitrogen and oxygen atoms in total. The average molecular weight is 335 g/mol. The van der Waals surface area contributed by atoms with Gasteiger partial charge in [0, 0.05) is 18.0 Å². The number of aromatic nitrogens is 2. The zero-order valence-electron chi connectivity index (χ0n) is 14.2. The summed E-state index contributed by atoms with van der Waals surface area (Å²) in [5.41, 5.74) is 3.76. The minimum atomic E-state index is -0.00723. The Morgan fingerprint density at radius 2 is 2.12 bits per heavy atom. The predicted molar refractivity (Wildman–Crippen MR) is 98.0 cm³/mol. The first-order valence-corrected chi connectivity index (χ1v) is 8.64. The second-order valence-corrected chi connectivity index (χ2v) is 6.49. The van der Waals surface area contributed by atoms with E-state index >= 15 is 0 Å². The Balaban J connectivity index is 1.41. The van der Waals surface area contributed by atoms with Gasteiger partial charge in [-0.1, -0.05) is 18.2 Å². The number of imidazole rings is 1. The summed E-state index contributed by atoms with van der Waals surface area (Å²) in [6.07, 6.45) is 3.49. The number of fused-ring (bicyclic) bond motifs is 1. The number of carbonyl (C=O) groups excluding carboxylic acids is 1. The van der Waals surface area contributed by atoms with Gasteiger partial charge >= 0.3 is 0 Å². The van der Waals surface area contributed by atoms with Crippen LogP contribution in [-0.2, 0) is 11.2 Å². The van der Waals surface area contributed by atoms with Crippen LogP contribution in [-0.4, -0.2) is 23.0 Å². The second kappa shape index (κ2) is 6.59. The fourth-order valence-electron chi connectivity index (χ4n) is 3.04. The molecule has 0 spiro atoms. The number of nitrogens with zero attached hydrogens (tertiary/aromatic N) is 1. The summed E-state index contributed by atoms with van der Waals surface area (Å²) < 4.78 is 5.33. The van der Waals surface area contributed by atoms with Crippen LogP contribution in [0.4, 0.5) is 5.69 Å². The number of hydrogen-bond donors (Lipinski definition) is 2. The third-order valence-corrected chi connectivity index (χ3v) is 4.56. The van der Waals surface area contributed by atoms with E-state index in [9.17, 15) is 4.79 Å². The molecule has 0 aliphatic heterocycles. The highest BCUT2D eigenvalue weighted by Crippen LogP contribution is 2.39. The van der Waals surface area contributed by atoms with Crippen molar-refractivity contribution in [3.8, 4) is 5.75 Å². The summed E-state index contributed by atoms with van der Waals surface area (Å²) in [6.45, 7) is 0. The Morgan fingerprint density at radius 3 is 2.92 bits per heavy atom. The summed E-state index contributed by atoms with van der Waals surface area (Å²) in [5, 5.41) is 2.97. The number of amides is 1. The molecule has 1 saturated carbocycles. The van der Waals surface area contributed by atoms with Gasteiger partial charge < -0.3 is 15.0 Å². The molecule has 25 heavy (non-hydrogen) atoms. The Kier molecular flexibility index (Phi) is 4.14. The van der Waals surface area contributed by atoms with E-state index < -0.39 is 0 Å². The van der Waals surface area contributed by atoms with Crippen molar-refractivity contribution in [3.63, 3.8) is 0 Å². The van der Waals surface area contributed by atoms with Gasteiger partial charge in [-0.25, -0.2) is 4.98 Å². The van der Waals surface area contributed by atoms with Crippen LogP contribution in [0.2, 0.25) is 0 Å². The Bertz CT molecular complexity index is 912. The Labute approximate surface area is 146 Å². The van der Waals surface area contributed by atoms with Gasteiger partial charge in [0.2, 0.25) is 5.91 Å². The van der Waals surface area contributed by atoms with Crippen molar-refractivity contribution in [1.29, 1.82) is 0 Å². The van der Waals surface area contributed by atoms with E-state index in [1.807, 2.05) is 42.5 Å². The number of aromatic amines is 1. The van der Waals surface area contributed by atoms with E-state index in [0.29, 0.717) is 18.8 Å². The first-order chi connectivity index (χ1) is 12.2. The number of benzene rings is 2. The normalized spacial score (nSPS) is 13.8. The van der Waals surface area contributed by atoms with Crippen molar-refractivity contribution in [1.82, 2.24) is 9.97 Å². The number of rotatable bonds is 6. The van der Waals surface area contributed by atoms with E-state index in [1.54, 1.807) is 7.11 Å². The van der Waals surface area contributed by atoms with Crippen molar-refractivity contribution in [2.45, 2.75) is 31.6 Å². The van der Waals surface area contributed by atoms with Crippen LogP contribution in [0.3, 0.4) is 0 Å². The van der Waals surface area contributed by atoms with E-state index in [0.717, 1.165) is 33.9 Å². The zero-order valence-corrected chi connectivity index (χ0v) is 14.2. The minimum Gasteiger partial charge on any atom is -0.496 e. The third kappa shape index (κ3) is 3.50. The van der Waals surface area contributed by atoms with Crippen molar-refractivity contribution >= 4 is 22.6 Å². The van der Waals surface area contributed by atoms with Gasteiger partial charge in [0.1, 0.15) is 11.6 Å². The first-order valence-electron chi connectivity index (χ1n) is 8.64. The number of ether oxygens (including phenoxy) is 1. The van der Waals surface area contributed by atoms with Crippen LogP contribution < -0.4 is 10.1 Å². The molecule has 3 aromatic rings. The van der Waals surface area contributed by atoms with Crippen molar-refractivity contribution in [2.24, 2.45) is 0 Å². The van der Waals surface area contributed by atoms with Gasteiger partial charge in [-0.2, -0.15) is 0 Å². The number of carbonyl (C=O) groups is 1. The van der Waals surface area contributed by atoms with Gasteiger partial charge in [-0.15, -0.1) is 0 Å². The van der Waals surface area contributed by atoms with Crippen molar-refractivity contribution in [2.75, 3.05) is 12.4 Å². The highest BCUT2D eigenvalue weighted by atomic mass is 16.5. The molecule has 2 aromatic carbocycles. The number of hydrogen-bond acceptors (Lipinski definition) is 3. The summed E-state index contributed by atoms with van der Waals surface area (Å²) in [5.74, 6) is 2.47. The smallest absolute Gasteiger partial charge is 0.224 e. The molecule has 1 amide bonds. The molecule has 4 rings (SSSR count). The second-order valence-electron chi connectivity index (χ2n) is 6.49. The Morgan fingerprint density at radius 1 is 1.28 bits per heavy atom. The molecule has 0 radical (unpaired) electrons. The molecule has 2 N–H and O–H groups in total. The molecule has 128 valence electrons. The van der Waals surface area contributed by atoms with Gasteiger partial charge in [-0.05, 0) is 49.1 Å². The SMILES string of the molecule is COc1ccccc1CCC(=O)Nc1ccc2nc(C3CC3)[nH]c2c1. The molecule has 1 aromatic heterocycles. The lowest BCUT2D eigenvalue weighted by molar-refractivity contribution is -0.116. The number of para-hydroxylation sites is 1. The number of aryl methyl sites for hydroxylation is 1. The van der Waals surface area contributed by atoms with Crippen molar-refractivity contribution < 1.29 is 9.53 Å². The highest BCUT2D eigenvalue weighted by Gasteiger charge is 2.26. The van der Waals surface area contributed by atoms with Crippen LogP contribution >= 0.6 is 0 Å². The molecule has 0 saturated heterocycles. The van der Waals surface area contributed by atoms with E-state index in [-0.39, 0.29) is 5.91 Å². The van der Waals surface area contributed by atoms with Gasteiger partial charge in [0.15, 0.2) is 0 Å². The van der Waals surface area contributed by atoms with Gasteiger partial charge in [0.05, 0.1) is 18.1 Å². The minimum absolute atomic E-state index is 0.00723. The fraction of sp³-hybridized carbons (Fsp3) is 0.300. The van der Waals surface area contributed by atoms with Gasteiger partial charge in [-0.3, -0.25) is 4.79 Å². The highest BCUT2D eigenvalue weighted by molar-refractivity contribution is 5.93. The molecule has 1 heterocycles. The lowest BCUT2D eigenvalue weighted by atomic mass is 10.1. The molecule has 1 fully saturated rings. The molecule has 0 bridgehead atoms. The number of nitrogens with one attached hydrogen (secondary N) is 2. The van der Waals surface area contributed by atoms with Crippen LogP contribution in [0.5, 0.6) is 5.75 Å². The topological polar surface area (TPSA) is 67.0 Å². The molecular weight excluding hydrogens is 314 g/mol. The maximum absolute atomic E-state index is 12.3. The van der Waals surface area contributed by atoms with Crippen LogP contribution in [0, 0.1) is 0 Å². The largest absolute Gasteiger partial charge is 0.496 e. The summed E-state index contributed by atoms with van der Waals surface area (Å²) in [7, 11) is 1.65. The number of methoxy groups -OCH3 is 1. The molecule has 0 atom stereocenters. The van der Waals surface area contributed by atoms with Crippen molar-refractivity contribution in [3.05, 3.63) is 53.9 Å². The Hall–Kier alpha value is -2.82. The molecule has 5 heteroatoms. The predicted octanol–water partition coefficient (Wildman–Crippen LogP) is 4.02. The quantitative estimate of drug-likeness (QED) is 0.715. The zero-order chi connectivity index (χ0) is 17.2. The summed E-state index contributed by atoms with van der Waals surface area (Å²) in [6, 6.07) is 13.6. The standard InChI is InChI=1S/C20H21N3O2/c1-25-18-5-3-2-4-13(18)8-11-19(24)21-15-9-10-16-17(12-15)23-20(22-16)14-6-7-14/h2-5,9-10,12,14H,6-8,11H2,1H3,(H,21,24)(H,22,23). The lowest BCUT2D eigenvalue weighted by Crippen LogP contribution is -2.12. The fourth-order valence-corrected chi connectivity index (χ4v) is 3.04. The maximum Gasteiger partial charge on any atom is 0.224 e. The third-order valence-electron chi connectivity index (χ3n) is 4.56. The molecular formula is C20H21N3O2. The molecule has 1 aliphatic carbocycles. The number of anilines is 1. The maximum atomic E-state index is 12.3. The van der Waals surface area contributed by atoms with Crippen LogP contribution in [0.1, 0.15) is 36.6 Å². The lowest BCUT2D eigenvalue weighted by Gasteiger charge is -2.08. The molecule has 1 aliphatic rings. The van der Waals surface area contributed by atoms with Crippen LogP contribution in [0.25, 0.3) is 11.0 Å². The first kappa shape index (κ1) is 15.7. The van der Waals surface area contributed by atoms with Gasteiger partial charge in [0.25, 0.3) is 0 Å². The van der Waals surface area contributed by atoms with E-state index in [1.165, 1.54) is 12.8 Å². The van der Waals surface area contributed by atoms with E-state index in [4.69, 9.17) is 4.74 Å². The summed E-state index contributed by atoms with van der Waals surface area (Å²) in [4.78, 5) is 20.2. The average Bonchev–Trinajstić information content (AvgIpc) is 3.40. The summed E-state index contributed by atoms with van der Waals surface area (Å²) >= 11 is 0. The monoisotopic (exact) mass is 335 g/mol. The molecule has 0 unspecified atom stereocenters. The van der Waals surface area contributed by atoms with E-state index in [2.05, 4.69) is 15.3 Å². The number of H-pyrrole nitrogens is 1.